The average Bonchev–Trinajstić information content (AvgIpc) is 3.79. The zero-order valence-corrected chi connectivity index (χ0v) is 35.6. The van der Waals surface area contributed by atoms with E-state index in [-0.39, 0.29) is 11.5 Å². The highest BCUT2D eigenvalue weighted by Gasteiger charge is 2.52. The maximum Gasteiger partial charge on any atom is 0.0774 e. The molecule has 1 heterocycles. The van der Waals surface area contributed by atoms with Crippen molar-refractivity contribution in [2.45, 2.75) is 58.4 Å². The van der Waals surface area contributed by atoms with Crippen LogP contribution in [0.4, 0.5) is 11.4 Å². The Balaban J connectivity index is 0.000000310. The van der Waals surface area contributed by atoms with Crippen LogP contribution in [0.1, 0.15) is 84.2 Å². The van der Waals surface area contributed by atoms with Crippen molar-refractivity contribution in [1.82, 2.24) is 0 Å². The lowest BCUT2D eigenvalue weighted by Gasteiger charge is -2.34. The molecular weight excluding hydrogens is 725 g/mol. The lowest BCUT2D eigenvalue weighted by molar-refractivity contribution is 0.792. The fourth-order valence-electron chi connectivity index (χ4n) is 9.96. The average molecular weight is 781 g/mol. The topological polar surface area (TPSA) is 24.1 Å². The van der Waals surface area contributed by atoms with Crippen molar-refractivity contribution >= 4 is 11.4 Å². The van der Waals surface area contributed by atoms with Crippen molar-refractivity contribution in [3.05, 3.63) is 239 Å². The van der Waals surface area contributed by atoms with E-state index in [1.807, 2.05) is 19.9 Å². The van der Waals surface area contributed by atoms with Crippen LogP contribution in [0.2, 0.25) is 0 Å². The number of para-hydroxylation sites is 2. The van der Waals surface area contributed by atoms with E-state index in [0.29, 0.717) is 0 Å². The molecule has 0 bridgehead atoms. The number of hydrogen-bond acceptors (Lipinski definition) is 2. The van der Waals surface area contributed by atoms with Crippen LogP contribution in [0.15, 0.2) is 195 Å². The number of fused-ring (bicyclic) bond motifs is 14. The number of allylic oxidation sites excluding steroid dienone is 4. The third-order valence-corrected chi connectivity index (χ3v) is 12.3. The molecule has 0 amide bonds. The SMILES string of the molecule is C1=CCCC(Cc2cccc(C3Nc4ccccc4-c4c3ccc3c4-c4ccccc4C34c3ccccc3-c3ccccc34)c2)=C1.C=C.CC.CCNc1ccccc1C. The molecule has 1 spiro atoms. The summed E-state index contributed by atoms with van der Waals surface area (Å²) in [6.07, 6.45) is 10.1. The van der Waals surface area contributed by atoms with E-state index in [9.17, 15) is 0 Å². The fraction of sp³-hybridized carbons (Fsp3) is 0.172. The molecule has 0 fully saturated rings. The standard InChI is InChI=1S/C45H33N.C9H13N.C2H6.C2H4/c1-2-13-29(14-3-1)27-30-15-12-16-31(28-30)44-36-25-26-40-43(42(36)35-20-7-11-24-41(35)46-44)34-19-6-10-23-39(34)45(40)37-21-8-4-17-32(37)33-18-5-9-22-38(33)45;1-3-10-9-7-5-4-6-8(9)2;2*1-2/h1-2,4-13,15-26,28,44,46H,3,14,27H2;4-7,10H,3H2,1-2H3;1-2H3;1-2H2. The number of hydrogen-bond donors (Lipinski definition) is 2. The molecule has 0 aromatic heterocycles. The Morgan fingerprint density at radius 3 is 1.92 bits per heavy atom. The van der Waals surface area contributed by atoms with Gasteiger partial charge in [0.1, 0.15) is 0 Å². The number of rotatable bonds is 5. The molecule has 11 rings (SSSR count). The van der Waals surface area contributed by atoms with Gasteiger partial charge in [0.2, 0.25) is 0 Å². The number of nitrogens with one attached hydrogen (secondary N) is 2. The van der Waals surface area contributed by atoms with Crippen molar-refractivity contribution in [1.29, 1.82) is 0 Å². The third kappa shape index (κ3) is 6.80. The highest BCUT2D eigenvalue weighted by molar-refractivity contribution is 6.03. The van der Waals surface area contributed by atoms with Crippen molar-refractivity contribution in [3.8, 4) is 33.4 Å². The molecule has 3 aliphatic carbocycles. The summed E-state index contributed by atoms with van der Waals surface area (Å²) >= 11 is 0. The first kappa shape index (κ1) is 40.2. The first-order valence-electron chi connectivity index (χ1n) is 21.7. The van der Waals surface area contributed by atoms with Gasteiger partial charge in [0.05, 0.1) is 11.5 Å². The van der Waals surface area contributed by atoms with Gasteiger partial charge in [-0.25, -0.2) is 0 Å². The predicted octanol–water partition coefficient (Wildman–Crippen LogP) is 15.3. The summed E-state index contributed by atoms with van der Waals surface area (Å²) < 4.78 is 0. The molecule has 1 aliphatic heterocycles. The molecule has 60 heavy (non-hydrogen) atoms. The van der Waals surface area contributed by atoms with Gasteiger partial charge in [-0.3, -0.25) is 0 Å². The van der Waals surface area contributed by atoms with E-state index in [4.69, 9.17) is 0 Å². The summed E-state index contributed by atoms with van der Waals surface area (Å²) in [5.41, 5.74) is 22.6. The van der Waals surface area contributed by atoms with E-state index in [2.05, 4.69) is 208 Å². The van der Waals surface area contributed by atoms with Crippen molar-refractivity contribution < 1.29 is 0 Å². The maximum absolute atomic E-state index is 3.98. The van der Waals surface area contributed by atoms with Gasteiger partial charge in [-0.1, -0.05) is 183 Å². The summed E-state index contributed by atoms with van der Waals surface area (Å²) in [6, 6.07) is 58.8. The quantitative estimate of drug-likeness (QED) is 0.170. The summed E-state index contributed by atoms with van der Waals surface area (Å²) in [5.74, 6) is 0. The van der Waals surface area contributed by atoms with Crippen LogP contribution in [0.5, 0.6) is 0 Å². The molecule has 0 saturated carbocycles. The van der Waals surface area contributed by atoms with E-state index in [1.54, 1.807) is 0 Å². The van der Waals surface area contributed by atoms with Crippen LogP contribution in [-0.4, -0.2) is 6.54 Å². The number of benzene rings is 7. The first-order chi connectivity index (χ1) is 29.7. The predicted molar refractivity (Wildman–Crippen MR) is 258 cm³/mol. The van der Waals surface area contributed by atoms with Crippen molar-refractivity contribution in [2.24, 2.45) is 0 Å². The molecular formula is C58H56N2. The molecule has 7 aromatic rings. The molecule has 1 atom stereocenters. The van der Waals surface area contributed by atoms with Gasteiger partial charge in [-0.15, -0.1) is 13.2 Å². The minimum absolute atomic E-state index is 0.0576. The lowest BCUT2D eigenvalue weighted by Crippen LogP contribution is -2.26. The number of anilines is 2. The second kappa shape index (κ2) is 17.7. The summed E-state index contributed by atoms with van der Waals surface area (Å²) in [6.45, 7) is 15.2. The first-order valence-corrected chi connectivity index (χ1v) is 21.7. The minimum atomic E-state index is -0.342. The smallest absolute Gasteiger partial charge is 0.0774 e. The van der Waals surface area contributed by atoms with Gasteiger partial charge in [0.15, 0.2) is 0 Å². The summed E-state index contributed by atoms with van der Waals surface area (Å²) in [5, 5.41) is 7.26. The van der Waals surface area contributed by atoms with Crippen LogP contribution < -0.4 is 10.6 Å². The largest absolute Gasteiger partial charge is 0.385 e. The molecule has 4 aliphatic rings. The minimum Gasteiger partial charge on any atom is -0.385 e. The van der Waals surface area contributed by atoms with E-state index in [0.717, 1.165) is 25.8 Å². The molecule has 0 saturated heterocycles. The molecule has 298 valence electrons. The number of aryl methyl sites for hydroxylation is 1. The molecule has 1 unspecified atom stereocenters. The van der Waals surface area contributed by atoms with Gasteiger partial charge in [-0.05, 0) is 118 Å². The normalized spacial score (nSPS) is 14.9. The maximum atomic E-state index is 3.98. The molecule has 0 radical (unpaired) electrons. The van der Waals surface area contributed by atoms with Crippen LogP contribution >= 0.6 is 0 Å². The Hall–Kier alpha value is -6.64. The Bertz CT molecular complexity index is 2670. The van der Waals surface area contributed by atoms with Gasteiger partial charge in [0, 0.05) is 23.5 Å². The fourth-order valence-corrected chi connectivity index (χ4v) is 9.96. The summed E-state index contributed by atoms with van der Waals surface area (Å²) in [4.78, 5) is 0. The Morgan fingerprint density at radius 1 is 0.633 bits per heavy atom. The Morgan fingerprint density at radius 2 is 1.25 bits per heavy atom. The van der Waals surface area contributed by atoms with Gasteiger partial charge in [0.25, 0.3) is 0 Å². The molecule has 2 heteroatoms. The van der Waals surface area contributed by atoms with Gasteiger partial charge >= 0.3 is 0 Å². The summed E-state index contributed by atoms with van der Waals surface area (Å²) in [7, 11) is 0. The van der Waals surface area contributed by atoms with Crippen LogP contribution in [-0.2, 0) is 11.8 Å². The van der Waals surface area contributed by atoms with Crippen molar-refractivity contribution in [3.63, 3.8) is 0 Å². The Labute approximate surface area is 358 Å². The highest BCUT2D eigenvalue weighted by atomic mass is 14.9. The second-order valence-corrected chi connectivity index (χ2v) is 15.5. The third-order valence-electron chi connectivity index (χ3n) is 12.3. The van der Waals surface area contributed by atoms with E-state index < -0.39 is 0 Å². The van der Waals surface area contributed by atoms with Crippen LogP contribution in [0.3, 0.4) is 0 Å². The Kier molecular flexibility index (Phi) is 11.8. The zero-order valence-electron chi connectivity index (χ0n) is 35.6. The second-order valence-electron chi connectivity index (χ2n) is 15.5. The van der Waals surface area contributed by atoms with Gasteiger partial charge < -0.3 is 10.6 Å². The van der Waals surface area contributed by atoms with E-state index in [1.165, 1.54) is 94.8 Å². The molecule has 7 aromatic carbocycles. The van der Waals surface area contributed by atoms with Crippen LogP contribution in [0.25, 0.3) is 33.4 Å². The lowest BCUT2D eigenvalue weighted by atomic mass is 9.70. The molecule has 2 N–H and O–H groups in total. The zero-order chi connectivity index (χ0) is 41.6. The monoisotopic (exact) mass is 780 g/mol. The van der Waals surface area contributed by atoms with Gasteiger partial charge in [-0.2, -0.15) is 0 Å². The molecule has 2 nitrogen and oxygen atoms in total. The highest BCUT2D eigenvalue weighted by Crippen LogP contribution is 2.65. The van der Waals surface area contributed by atoms with E-state index >= 15 is 0 Å². The van der Waals surface area contributed by atoms with Crippen LogP contribution in [0, 0.1) is 6.92 Å². The van der Waals surface area contributed by atoms with Crippen molar-refractivity contribution in [2.75, 3.05) is 17.2 Å².